The number of rotatable bonds is 19. The number of nitrogens with two attached hydrogens (primary N) is 5. The molecule has 0 aromatic heterocycles. The lowest BCUT2D eigenvalue weighted by Crippen LogP contribution is -2.59. The maximum absolute atomic E-state index is 13.5. The van der Waals surface area contributed by atoms with E-state index in [1.165, 1.54) is 4.90 Å². The number of hydrogen-bond donors (Lipinski definition) is 9. The van der Waals surface area contributed by atoms with Gasteiger partial charge in [0.15, 0.2) is 5.96 Å². The van der Waals surface area contributed by atoms with Crippen molar-refractivity contribution in [3.05, 3.63) is 0 Å². The van der Waals surface area contributed by atoms with Crippen molar-refractivity contribution in [3.63, 3.8) is 0 Å². The van der Waals surface area contributed by atoms with Gasteiger partial charge in [-0.2, -0.15) is 0 Å². The molecule has 17 nitrogen and oxygen atoms in total. The van der Waals surface area contributed by atoms with Gasteiger partial charge in [0.1, 0.15) is 24.2 Å². The van der Waals surface area contributed by atoms with Gasteiger partial charge in [-0.3, -0.25) is 29.0 Å². The molecule has 244 valence electrons. The first kappa shape index (κ1) is 37.0. The Morgan fingerprint density at radius 3 is 2.02 bits per heavy atom. The van der Waals surface area contributed by atoms with Gasteiger partial charge in [0.2, 0.25) is 29.5 Å². The van der Waals surface area contributed by atoms with E-state index in [9.17, 15) is 33.9 Å². The van der Waals surface area contributed by atoms with E-state index in [4.69, 9.17) is 28.7 Å². The van der Waals surface area contributed by atoms with Crippen LogP contribution in [0, 0.1) is 5.92 Å². The molecule has 5 amide bonds. The van der Waals surface area contributed by atoms with E-state index in [1.807, 2.05) is 0 Å². The number of amides is 5. The number of guanidine groups is 1. The molecule has 17 heteroatoms. The van der Waals surface area contributed by atoms with Crippen LogP contribution in [-0.4, -0.2) is 101 Å². The molecule has 5 atom stereocenters. The van der Waals surface area contributed by atoms with Gasteiger partial charge in [0.05, 0.1) is 12.5 Å². The van der Waals surface area contributed by atoms with Crippen molar-refractivity contribution in [3.8, 4) is 0 Å². The Balaban J connectivity index is 3.14. The lowest BCUT2D eigenvalue weighted by molar-refractivity contribution is -0.150. The molecule has 0 spiro atoms. The SMILES string of the molecule is CC(C)C(NC(=O)C(CCCCN)NC(=O)C(CCCN=C(N)N)NC(=O)C(N)CC(N)=O)C(=O)N1CCCC1C(=O)O. The highest BCUT2D eigenvalue weighted by Gasteiger charge is 2.39. The highest BCUT2D eigenvalue weighted by Crippen LogP contribution is 2.20. The van der Waals surface area contributed by atoms with Crippen LogP contribution in [-0.2, 0) is 28.8 Å². The minimum Gasteiger partial charge on any atom is -0.480 e. The molecule has 1 saturated heterocycles. The van der Waals surface area contributed by atoms with Crippen LogP contribution in [0.25, 0.3) is 0 Å². The summed E-state index contributed by atoms with van der Waals surface area (Å²) in [5.41, 5.74) is 27.2. The Morgan fingerprint density at radius 1 is 0.907 bits per heavy atom. The third-order valence-electron chi connectivity index (χ3n) is 6.97. The highest BCUT2D eigenvalue weighted by atomic mass is 16.4. The first-order valence-electron chi connectivity index (χ1n) is 14.4. The number of nitrogens with zero attached hydrogens (tertiary/aromatic N) is 2. The van der Waals surface area contributed by atoms with E-state index in [2.05, 4.69) is 20.9 Å². The molecular weight excluding hydrogens is 564 g/mol. The van der Waals surface area contributed by atoms with Gasteiger partial charge in [-0.25, -0.2) is 4.79 Å². The largest absolute Gasteiger partial charge is 0.480 e. The number of unbranched alkanes of at least 4 members (excludes halogenated alkanes) is 1. The predicted molar refractivity (Wildman–Crippen MR) is 158 cm³/mol. The maximum Gasteiger partial charge on any atom is 0.326 e. The van der Waals surface area contributed by atoms with Crippen LogP contribution in [0.2, 0.25) is 0 Å². The van der Waals surface area contributed by atoms with Gasteiger partial charge in [-0.15, -0.1) is 0 Å². The van der Waals surface area contributed by atoms with Crippen molar-refractivity contribution in [2.75, 3.05) is 19.6 Å². The number of hydrogen-bond acceptors (Lipinski definition) is 9. The minimum absolute atomic E-state index is 0.0629. The van der Waals surface area contributed by atoms with E-state index in [0.29, 0.717) is 32.2 Å². The van der Waals surface area contributed by atoms with Crippen molar-refractivity contribution < 1.29 is 33.9 Å². The quantitative estimate of drug-likeness (QED) is 0.0392. The van der Waals surface area contributed by atoms with Crippen LogP contribution in [0.15, 0.2) is 4.99 Å². The summed E-state index contributed by atoms with van der Waals surface area (Å²) >= 11 is 0. The normalized spacial score (nSPS) is 17.3. The van der Waals surface area contributed by atoms with E-state index < -0.39 is 72.1 Å². The van der Waals surface area contributed by atoms with Crippen LogP contribution in [0.4, 0.5) is 0 Å². The molecule has 1 heterocycles. The number of carboxylic acid groups (broad SMARTS) is 1. The Kier molecular flexibility index (Phi) is 16.0. The fraction of sp³-hybridized carbons (Fsp3) is 0.731. The van der Waals surface area contributed by atoms with Gasteiger partial charge >= 0.3 is 5.97 Å². The first-order chi connectivity index (χ1) is 20.2. The van der Waals surface area contributed by atoms with Gasteiger partial charge in [-0.1, -0.05) is 13.8 Å². The van der Waals surface area contributed by atoms with E-state index in [-0.39, 0.29) is 44.2 Å². The van der Waals surface area contributed by atoms with Crippen molar-refractivity contribution in [1.82, 2.24) is 20.9 Å². The van der Waals surface area contributed by atoms with Gasteiger partial charge in [0.25, 0.3) is 0 Å². The summed E-state index contributed by atoms with van der Waals surface area (Å²) in [5.74, 6) is -5.14. The molecule has 14 N–H and O–H groups in total. The molecule has 0 aromatic rings. The summed E-state index contributed by atoms with van der Waals surface area (Å²) in [5, 5.41) is 17.4. The molecule has 1 rings (SSSR count). The number of likely N-dealkylation sites (tertiary alicyclic amines) is 1. The number of carboxylic acids is 1. The molecule has 5 unspecified atom stereocenters. The Bertz CT molecular complexity index is 1020. The van der Waals surface area contributed by atoms with Crippen molar-refractivity contribution >= 4 is 41.5 Å². The van der Waals surface area contributed by atoms with Crippen LogP contribution in [0.5, 0.6) is 0 Å². The second-order valence-corrected chi connectivity index (χ2v) is 10.9. The number of primary amides is 1. The van der Waals surface area contributed by atoms with E-state index in [0.717, 1.165) is 0 Å². The summed E-state index contributed by atoms with van der Waals surface area (Å²) in [4.78, 5) is 80.8. The van der Waals surface area contributed by atoms with Crippen molar-refractivity contribution in [2.45, 2.75) is 95.4 Å². The summed E-state index contributed by atoms with van der Waals surface area (Å²) in [6.45, 7) is 4.19. The number of carbonyl (C=O) groups is 6. The summed E-state index contributed by atoms with van der Waals surface area (Å²) in [6.07, 6.45) is 1.93. The molecule has 1 aliphatic heterocycles. The van der Waals surface area contributed by atoms with Crippen LogP contribution >= 0.6 is 0 Å². The molecule has 0 aliphatic carbocycles. The molecule has 43 heavy (non-hydrogen) atoms. The Morgan fingerprint density at radius 2 is 1.49 bits per heavy atom. The second kappa shape index (κ2) is 18.5. The fourth-order valence-electron chi connectivity index (χ4n) is 4.63. The molecule has 0 aromatic carbocycles. The zero-order chi connectivity index (χ0) is 32.7. The van der Waals surface area contributed by atoms with E-state index in [1.54, 1.807) is 13.8 Å². The standard InChI is InChI=1S/C26H48N10O7/c1-14(2)20(24(41)36-12-6-9-18(36)25(42)43)35-23(40)16(7-3-4-10-27)34-22(39)17(8-5-11-32-26(30)31)33-21(38)15(28)13-19(29)37/h14-18,20H,3-13,27-28H2,1-2H3,(H2,29,37)(H,33,38)(H,34,39)(H,35,40)(H,42,43)(H4,30,31,32). The second-order valence-electron chi connectivity index (χ2n) is 10.9. The topological polar surface area (TPSA) is 304 Å². The van der Waals surface area contributed by atoms with Crippen LogP contribution in [0.1, 0.15) is 65.2 Å². The number of carbonyl (C=O) groups excluding carboxylic acids is 5. The predicted octanol–water partition coefficient (Wildman–Crippen LogP) is -3.44. The van der Waals surface area contributed by atoms with Crippen LogP contribution < -0.4 is 44.6 Å². The third kappa shape index (κ3) is 12.8. The zero-order valence-corrected chi connectivity index (χ0v) is 24.9. The van der Waals surface area contributed by atoms with Crippen molar-refractivity contribution in [2.24, 2.45) is 39.6 Å². The number of aliphatic carboxylic acids is 1. The first-order valence-corrected chi connectivity index (χ1v) is 14.4. The smallest absolute Gasteiger partial charge is 0.326 e. The average Bonchev–Trinajstić information content (AvgIpc) is 3.42. The fourth-order valence-corrected chi connectivity index (χ4v) is 4.63. The summed E-state index contributed by atoms with van der Waals surface area (Å²) in [6, 6.07) is -5.60. The summed E-state index contributed by atoms with van der Waals surface area (Å²) in [7, 11) is 0. The zero-order valence-electron chi connectivity index (χ0n) is 24.9. The van der Waals surface area contributed by atoms with E-state index >= 15 is 0 Å². The molecule has 1 fully saturated rings. The monoisotopic (exact) mass is 612 g/mol. The number of nitrogens with one attached hydrogen (secondary N) is 3. The average molecular weight is 613 g/mol. The Labute approximate surface area is 251 Å². The molecule has 0 saturated carbocycles. The third-order valence-corrected chi connectivity index (χ3v) is 6.97. The molecule has 0 radical (unpaired) electrons. The molecular formula is C26H48N10O7. The van der Waals surface area contributed by atoms with Gasteiger partial charge in [-0.05, 0) is 57.4 Å². The van der Waals surface area contributed by atoms with Gasteiger partial charge in [0, 0.05) is 13.1 Å². The Hall–Kier alpha value is -3.99. The molecule has 1 aliphatic rings. The highest BCUT2D eigenvalue weighted by molar-refractivity contribution is 5.96. The number of aliphatic imine (C=N–C) groups is 1. The summed E-state index contributed by atoms with van der Waals surface area (Å²) < 4.78 is 0. The van der Waals surface area contributed by atoms with Crippen LogP contribution in [0.3, 0.4) is 0 Å². The van der Waals surface area contributed by atoms with Gasteiger partial charge < -0.3 is 54.6 Å². The minimum atomic E-state index is -1.30. The lowest BCUT2D eigenvalue weighted by atomic mass is 10.0. The maximum atomic E-state index is 13.5. The lowest BCUT2D eigenvalue weighted by Gasteiger charge is -2.31. The molecule has 0 bridgehead atoms. The van der Waals surface area contributed by atoms with Crippen molar-refractivity contribution in [1.29, 1.82) is 0 Å².